The number of carbonyl (C=O) groups excluding carboxylic acids is 2. The van der Waals surface area contributed by atoms with Crippen LogP contribution in [0.4, 0.5) is 45.5 Å². The molecular formula is C80H66N6O10S4. The Morgan fingerprint density at radius 1 is 0.490 bits per heavy atom. The molecule has 0 atom stereocenters. The van der Waals surface area contributed by atoms with Crippen LogP contribution >= 0.6 is 34.4 Å². The normalized spacial score (nSPS) is 11.7. The first-order valence-corrected chi connectivity index (χ1v) is 36.2. The van der Waals surface area contributed by atoms with Gasteiger partial charge in [-0.3, -0.25) is 4.79 Å². The van der Waals surface area contributed by atoms with Crippen molar-refractivity contribution in [3.05, 3.63) is 233 Å². The van der Waals surface area contributed by atoms with Crippen molar-refractivity contribution >= 4 is 125 Å². The molecule has 0 aliphatic carbocycles. The number of anilines is 6. The van der Waals surface area contributed by atoms with E-state index in [1.54, 1.807) is 34.8 Å². The topological polar surface area (TPSA) is 221 Å². The highest BCUT2D eigenvalue weighted by molar-refractivity contribution is 7.58. The second-order valence-electron chi connectivity index (χ2n) is 24.3. The number of carbonyl (C=O) groups is 2. The van der Waals surface area contributed by atoms with E-state index < -0.39 is 51.5 Å². The number of thiophene rings is 2. The summed E-state index contributed by atoms with van der Waals surface area (Å²) in [5.74, 6) is -6.10. The Labute approximate surface area is 592 Å². The summed E-state index contributed by atoms with van der Waals surface area (Å²) in [6.07, 6.45) is 10.8. The molecule has 0 spiro atoms. The molecule has 0 saturated heterocycles. The second kappa shape index (κ2) is 29.6. The van der Waals surface area contributed by atoms with Gasteiger partial charge in [-0.2, -0.15) is 17.5 Å². The Balaban J connectivity index is 0.730. The Morgan fingerprint density at radius 2 is 0.960 bits per heavy atom. The predicted octanol–water partition coefficient (Wildman–Crippen LogP) is 21.6. The van der Waals surface area contributed by atoms with Crippen LogP contribution in [-0.2, 0) is 45.1 Å². The highest BCUT2D eigenvalue weighted by Crippen LogP contribution is 2.57. The van der Waals surface area contributed by atoms with E-state index in [4.69, 9.17) is 31.4 Å². The Kier molecular flexibility index (Phi) is 19.6. The van der Waals surface area contributed by atoms with E-state index >= 15 is 0 Å². The zero-order valence-electron chi connectivity index (χ0n) is 54.5. The van der Waals surface area contributed by atoms with Crippen molar-refractivity contribution in [2.45, 2.75) is 84.7 Å². The second-order valence-corrected chi connectivity index (χ2v) is 27.4. The van der Waals surface area contributed by atoms with Crippen LogP contribution in [0.15, 0.2) is 224 Å². The number of aromatic nitrogens is 2. The summed E-state index contributed by atoms with van der Waals surface area (Å²) in [7, 11) is 0. The summed E-state index contributed by atoms with van der Waals surface area (Å²) in [6.45, 7) is 4.21. The minimum absolute atomic E-state index is 0.0194. The highest BCUT2D eigenvalue weighted by Gasteiger charge is 2.32. The molecule has 14 rings (SSSR count). The average Bonchev–Trinajstić information content (AvgIpc) is 1.82. The maximum atomic E-state index is 13.1. The van der Waals surface area contributed by atoms with Crippen molar-refractivity contribution in [2.24, 2.45) is 8.73 Å². The predicted molar refractivity (Wildman–Crippen MR) is 402 cm³/mol. The maximum Gasteiger partial charge on any atom is 0.422 e. The summed E-state index contributed by atoms with van der Waals surface area (Å²) < 4.78 is 37.0. The maximum absolute atomic E-state index is 13.1. The van der Waals surface area contributed by atoms with E-state index in [0.29, 0.717) is 5.56 Å². The van der Waals surface area contributed by atoms with E-state index in [1.807, 2.05) is 54.6 Å². The van der Waals surface area contributed by atoms with Gasteiger partial charge in [0.25, 0.3) is 0 Å². The van der Waals surface area contributed by atoms with E-state index in [-0.39, 0.29) is 23.5 Å². The summed E-state index contributed by atoms with van der Waals surface area (Å²) in [5, 5.41) is 40.8. The van der Waals surface area contributed by atoms with Crippen molar-refractivity contribution in [1.82, 2.24) is 8.75 Å². The van der Waals surface area contributed by atoms with Crippen molar-refractivity contribution in [1.29, 1.82) is 0 Å². The molecule has 13 aromatic rings. The number of unbranched alkanes of at least 4 members (excludes halogenated alkanes) is 6. The number of para-hydroxylation sites is 3. The number of esters is 2. The first-order chi connectivity index (χ1) is 48.9. The summed E-state index contributed by atoms with van der Waals surface area (Å²) in [6, 6.07) is 66.0. The van der Waals surface area contributed by atoms with Crippen LogP contribution in [-0.4, -0.2) is 41.1 Å². The molecule has 1 aliphatic rings. The lowest BCUT2D eigenvalue weighted by Crippen LogP contribution is -2.23. The molecule has 0 saturated carbocycles. The van der Waals surface area contributed by atoms with Crippen LogP contribution in [0.3, 0.4) is 0 Å². The van der Waals surface area contributed by atoms with Crippen molar-refractivity contribution in [2.75, 3.05) is 9.80 Å². The minimum atomic E-state index is -1.42. The summed E-state index contributed by atoms with van der Waals surface area (Å²) in [4.78, 5) is 48.3. The third kappa shape index (κ3) is 13.7. The average molecular weight is 1400 g/mol. The number of fused-ring (bicyclic) bond motifs is 3. The molecule has 100 heavy (non-hydrogen) atoms. The third-order valence-electron chi connectivity index (χ3n) is 17.6. The van der Waals surface area contributed by atoms with Gasteiger partial charge in [-0.25, -0.2) is 9.59 Å². The lowest BCUT2D eigenvalue weighted by atomic mass is 9.95. The Morgan fingerprint density at radius 3 is 1.44 bits per heavy atom. The lowest BCUT2D eigenvalue weighted by molar-refractivity contribution is -0.163. The highest BCUT2D eigenvalue weighted by atomic mass is 32.1. The van der Waals surface area contributed by atoms with Crippen LogP contribution in [0.25, 0.3) is 75.1 Å². The molecule has 0 radical (unpaired) electrons. The fourth-order valence-electron chi connectivity index (χ4n) is 12.6. The van der Waals surface area contributed by atoms with Crippen LogP contribution in [0.2, 0.25) is 0 Å². The number of phenols is 3. The van der Waals surface area contributed by atoms with Crippen molar-refractivity contribution < 1.29 is 43.9 Å². The molecular weight excluding hydrogens is 1330 g/mol. The zero-order valence-corrected chi connectivity index (χ0v) is 57.7. The number of nitrogens with zero attached hydrogens (tertiary/aromatic N) is 6. The largest absolute Gasteiger partial charge is 0.507 e. The van der Waals surface area contributed by atoms with E-state index in [0.717, 1.165) is 171 Å². The van der Waals surface area contributed by atoms with Crippen LogP contribution < -0.4 is 20.0 Å². The van der Waals surface area contributed by atoms with Gasteiger partial charge in [-0.15, -0.1) is 22.7 Å². The fourth-order valence-corrected chi connectivity index (χ4v) is 16.2. The molecule has 5 heterocycles. The number of benzene rings is 9. The Hall–Kier alpha value is -11.0. The molecule has 9 aromatic carbocycles. The Bertz CT molecular complexity index is 5270. The van der Waals surface area contributed by atoms with Gasteiger partial charge in [0.2, 0.25) is 11.2 Å². The zero-order chi connectivity index (χ0) is 68.8. The van der Waals surface area contributed by atoms with Gasteiger partial charge in [0.1, 0.15) is 51.5 Å². The molecule has 20 heteroatoms. The van der Waals surface area contributed by atoms with Gasteiger partial charge in [0.15, 0.2) is 17.3 Å². The molecule has 1 aliphatic heterocycles. The molecule has 0 unspecified atom stereocenters. The number of phenolic OH excluding ortho intramolecular Hbond substituents is 3. The molecule has 0 fully saturated rings. The molecule has 4 N–H and O–H groups in total. The standard InChI is InChI=1S/C80H66N6O10S4/c1-3-5-7-12-20-52-43-65(49-30-37-58(38-31-49)85(54-22-14-9-15-23-54)55-24-16-10-17-25-55)97-77(52)68-70-72(83-99-81-70)69(73-71(68)82-100-84-73)78-53(21-13-8-6-4-2)44-66(98-78)50-32-39-59(40-33-50)86(56-26-18-11-19-27-56)57-35-28-48(29-36-57)47-94-79(92)80(93)95-60-45-63(89)67-64(46-60)96-76(75(91)74(67)90)51-34-41-61(87)62(88)42-51/h9-11,14-19,22-46,87-89,91H,3-8,12-13,20-21,47H2,1-2H3. The quantitative estimate of drug-likeness (QED) is 0.0145. The molecule has 500 valence electrons. The summed E-state index contributed by atoms with van der Waals surface area (Å²) in [5.41, 5.74) is 15.3. The van der Waals surface area contributed by atoms with Gasteiger partial charge in [-0.05, 0) is 157 Å². The number of ether oxygens (including phenoxy) is 2. The van der Waals surface area contributed by atoms with E-state index in [2.05, 4.69) is 133 Å². The molecule has 16 nitrogen and oxygen atoms in total. The number of hydrogen-bond donors (Lipinski definition) is 4. The monoisotopic (exact) mass is 1400 g/mol. The van der Waals surface area contributed by atoms with Gasteiger partial charge in [-0.1, -0.05) is 143 Å². The number of aryl methyl sites for hydroxylation is 2. The van der Waals surface area contributed by atoms with Crippen molar-refractivity contribution in [3.63, 3.8) is 0 Å². The van der Waals surface area contributed by atoms with Crippen LogP contribution in [0, 0.1) is 0 Å². The number of aromatic hydroxyl groups is 4. The van der Waals surface area contributed by atoms with Gasteiger partial charge < -0.3 is 44.1 Å². The fraction of sp³-hybridized carbons (Fsp3) is 0.163. The third-order valence-corrected chi connectivity index (χ3v) is 21.1. The van der Waals surface area contributed by atoms with Gasteiger partial charge in [0, 0.05) is 71.3 Å². The molecule has 4 aromatic heterocycles. The van der Waals surface area contributed by atoms with Crippen LogP contribution in [0.1, 0.15) is 81.9 Å². The molecule has 0 amide bonds. The van der Waals surface area contributed by atoms with Gasteiger partial charge >= 0.3 is 11.9 Å². The number of hydrogen-bond acceptors (Lipinski definition) is 19. The first kappa shape index (κ1) is 66.2. The number of rotatable bonds is 24. The minimum Gasteiger partial charge on any atom is -0.507 e. The summed E-state index contributed by atoms with van der Waals surface area (Å²) >= 11 is 6.04. The SMILES string of the molecule is CCCCCCc1cc(-c2ccc(N(c3ccccc3)c3ccccc3)cc2)sc1-c1c2c(c(-c3sc(-c4ccc(N(c5ccccc5)c5ccc(COC(=O)C(=O)Oc6cc(O)c7c(=O)c(O)c(-c8ccc(O)c(O)c8)oc7c6)cc5)cc4)cc3CCCCCC)c3nsnc13)N=S=N2. The van der Waals surface area contributed by atoms with Crippen LogP contribution in [0.5, 0.6) is 28.7 Å². The van der Waals surface area contributed by atoms with Crippen molar-refractivity contribution in [3.8, 4) is 81.8 Å². The first-order valence-electron chi connectivity index (χ1n) is 33.1. The van der Waals surface area contributed by atoms with E-state index in [1.165, 1.54) is 56.5 Å². The smallest absolute Gasteiger partial charge is 0.422 e. The van der Waals surface area contributed by atoms with Gasteiger partial charge in [0.05, 0.1) is 34.2 Å². The molecule has 0 bridgehead atoms. The lowest BCUT2D eigenvalue weighted by Gasteiger charge is -2.25. The van der Waals surface area contributed by atoms with E-state index in [9.17, 15) is 34.8 Å².